The van der Waals surface area contributed by atoms with Crippen LogP contribution in [-0.2, 0) is 4.79 Å². The van der Waals surface area contributed by atoms with Crippen LogP contribution in [0.3, 0.4) is 0 Å². The third-order valence-corrected chi connectivity index (χ3v) is 5.91. The number of halogens is 1. The van der Waals surface area contributed by atoms with Crippen LogP contribution in [0.5, 0.6) is 5.75 Å². The van der Waals surface area contributed by atoms with Crippen molar-refractivity contribution >= 4 is 63.0 Å². The van der Waals surface area contributed by atoms with Crippen LogP contribution in [0.25, 0.3) is 10.9 Å². The summed E-state index contributed by atoms with van der Waals surface area (Å²) >= 11 is 6.47. The van der Waals surface area contributed by atoms with E-state index in [9.17, 15) is 14.9 Å². The lowest BCUT2D eigenvalue weighted by Crippen LogP contribution is -2.20. The summed E-state index contributed by atoms with van der Waals surface area (Å²) in [5, 5.41) is 21.6. The maximum Gasteiger partial charge on any atom is 0.324 e. The van der Waals surface area contributed by atoms with E-state index in [1.54, 1.807) is 55.5 Å². The Morgan fingerprint density at radius 3 is 2.69 bits per heavy atom. The minimum Gasteiger partial charge on any atom is -0.492 e. The topological polar surface area (TPSA) is 144 Å². The molecule has 2 aromatic heterocycles. The van der Waals surface area contributed by atoms with Gasteiger partial charge in [-0.25, -0.2) is 9.78 Å². The molecule has 0 aliphatic carbocycles. The molecule has 0 unspecified atom stereocenters. The zero-order valence-corrected chi connectivity index (χ0v) is 23.0. The van der Waals surface area contributed by atoms with Crippen molar-refractivity contribution in [1.29, 1.82) is 5.26 Å². The van der Waals surface area contributed by atoms with Gasteiger partial charge < -0.3 is 25.6 Å². The first-order valence-corrected chi connectivity index (χ1v) is 12.9. The minimum atomic E-state index is -2.91. The van der Waals surface area contributed by atoms with Crippen molar-refractivity contribution in [2.24, 2.45) is 0 Å². The number of fused-ring (bicyclic) bond motifs is 1. The molecule has 3 amide bonds. The lowest BCUT2D eigenvalue weighted by atomic mass is 10.1. The van der Waals surface area contributed by atoms with Gasteiger partial charge in [0, 0.05) is 50.4 Å². The first-order chi connectivity index (χ1) is 22.7. The van der Waals surface area contributed by atoms with Gasteiger partial charge in [0.2, 0.25) is 5.91 Å². The monoisotopic (exact) mass is 590 g/mol. The molecule has 4 aromatic rings. The van der Waals surface area contributed by atoms with E-state index in [4.69, 9.17) is 24.6 Å². The van der Waals surface area contributed by atoms with Gasteiger partial charge in [0.25, 0.3) is 0 Å². The van der Waals surface area contributed by atoms with Crippen molar-refractivity contribution in [3.8, 4) is 11.8 Å². The van der Waals surface area contributed by atoms with Crippen molar-refractivity contribution in [3.05, 3.63) is 83.7 Å². The molecule has 42 heavy (non-hydrogen) atoms. The molecule has 0 spiro atoms. The summed E-state index contributed by atoms with van der Waals surface area (Å²) in [6.07, 6.45) is 5.06. The van der Waals surface area contributed by atoms with Gasteiger partial charge in [0.1, 0.15) is 17.6 Å². The van der Waals surface area contributed by atoms with Crippen LogP contribution in [0, 0.1) is 11.3 Å². The van der Waals surface area contributed by atoms with Crippen LogP contribution in [0.2, 0.25) is 5.02 Å². The average Bonchev–Trinajstić information content (AvgIpc) is 3.00. The zero-order valence-electron chi connectivity index (χ0n) is 28.2. The van der Waals surface area contributed by atoms with Crippen molar-refractivity contribution in [3.63, 3.8) is 0 Å². The Morgan fingerprint density at radius 2 is 1.98 bits per heavy atom. The van der Waals surface area contributed by atoms with E-state index in [2.05, 4.69) is 37.3 Å². The minimum absolute atomic E-state index is 0.173. The molecular formula is C30H29ClN8O3. The number of aromatic nitrogens is 2. The summed E-state index contributed by atoms with van der Waals surface area (Å²) in [4.78, 5) is 34.0. The number of carbonyl (C=O) groups is 2. The highest BCUT2D eigenvalue weighted by Gasteiger charge is 2.16. The predicted octanol–water partition coefficient (Wildman–Crippen LogP) is 6.00. The van der Waals surface area contributed by atoms with Crippen LogP contribution in [0.15, 0.2) is 73.1 Å². The molecule has 0 saturated heterocycles. The number of nitriles is 1. The summed E-state index contributed by atoms with van der Waals surface area (Å²) in [7, 11) is 0. The van der Waals surface area contributed by atoms with E-state index in [-0.39, 0.29) is 28.6 Å². The molecule has 214 valence electrons. The van der Waals surface area contributed by atoms with Crippen LogP contribution in [0.4, 0.5) is 33.4 Å². The molecule has 4 rings (SSSR count). The number of hydrogen-bond donors (Lipinski definition) is 4. The number of pyridine rings is 2. The summed E-state index contributed by atoms with van der Waals surface area (Å²) < 4.78 is 50.5. The van der Waals surface area contributed by atoms with Gasteiger partial charge >= 0.3 is 6.03 Å². The van der Waals surface area contributed by atoms with E-state index in [0.29, 0.717) is 38.7 Å². The zero-order chi connectivity index (χ0) is 35.1. The number of nitrogens with zero attached hydrogens (tertiary/aromatic N) is 4. The highest BCUT2D eigenvalue weighted by atomic mass is 35.5. The van der Waals surface area contributed by atoms with Crippen LogP contribution < -0.4 is 26.0 Å². The number of carbonyl (C=O) groups excluding carboxylic acids is 2. The number of urea groups is 1. The Kier molecular flexibility index (Phi) is 7.47. The molecule has 2 heterocycles. The third kappa shape index (κ3) is 7.72. The van der Waals surface area contributed by atoms with E-state index in [1.807, 2.05) is 0 Å². The molecule has 0 aliphatic heterocycles. The van der Waals surface area contributed by atoms with Gasteiger partial charge in [-0.05, 0) is 57.3 Å². The standard InChI is InChI=1S/C30H29ClN8O3/c1-4-42-26-16-24-21(15-25(26)36-28(40)9-7-13-39(2)3)29(19(17-32)18-34-24)35-20-10-11-23(22(31)14-20)37-30(41)38-27-8-5-6-12-33-27/h5-12,14-16,18H,4,13H2,1-3H3,(H,34,35)(H,36,40)(H2,33,37,38,41)/b9-7+/i2D3,3D3. The summed E-state index contributed by atoms with van der Waals surface area (Å²) in [5.74, 6) is -0.0677. The van der Waals surface area contributed by atoms with Crippen LogP contribution >= 0.6 is 11.6 Å². The first-order valence-electron chi connectivity index (χ1n) is 15.5. The molecule has 0 atom stereocenters. The van der Waals surface area contributed by atoms with Crippen molar-refractivity contribution in [2.75, 3.05) is 48.4 Å². The number of amides is 3. The number of rotatable bonds is 10. The normalized spacial score (nSPS) is 13.6. The Bertz CT molecular complexity index is 1870. The fourth-order valence-corrected chi connectivity index (χ4v) is 4.02. The Labute approximate surface area is 256 Å². The van der Waals surface area contributed by atoms with Crippen LogP contribution in [0.1, 0.15) is 20.7 Å². The number of nitrogens with one attached hydrogen (secondary N) is 4. The third-order valence-electron chi connectivity index (χ3n) is 5.60. The Balaban J connectivity index is 1.60. The quantitative estimate of drug-likeness (QED) is 0.165. The lowest BCUT2D eigenvalue weighted by molar-refractivity contribution is -0.111. The Morgan fingerprint density at radius 1 is 1.12 bits per heavy atom. The van der Waals surface area contributed by atoms with Gasteiger partial charge in [-0.1, -0.05) is 23.7 Å². The fraction of sp³-hybridized carbons (Fsp3) is 0.167. The molecule has 0 fully saturated rings. The Hall–Kier alpha value is -5.18. The molecule has 0 radical (unpaired) electrons. The highest BCUT2D eigenvalue weighted by Crippen LogP contribution is 2.37. The van der Waals surface area contributed by atoms with E-state index in [1.165, 1.54) is 12.4 Å². The molecule has 11 nitrogen and oxygen atoms in total. The number of ether oxygens (including phenoxy) is 1. The maximum absolute atomic E-state index is 12.8. The second-order valence-corrected chi connectivity index (χ2v) is 8.98. The van der Waals surface area contributed by atoms with E-state index < -0.39 is 32.4 Å². The van der Waals surface area contributed by atoms with Gasteiger partial charge in [-0.2, -0.15) is 5.26 Å². The summed E-state index contributed by atoms with van der Waals surface area (Å²) in [6, 6.07) is 14.5. The second-order valence-electron chi connectivity index (χ2n) is 8.57. The van der Waals surface area contributed by atoms with Crippen LogP contribution in [-0.4, -0.2) is 53.9 Å². The van der Waals surface area contributed by atoms with Gasteiger partial charge in [0.15, 0.2) is 0 Å². The summed E-state index contributed by atoms with van der Waals surface area (Å²) in [6.45, 7) is -4.35. The molecule has 12 heteroatoms. The highest BCUT2D eigenvalue weighted by molar-refractivity contribution is 6.34. The van der Waals surface area contributed by atoms with E-state index >= 15 is 0 Å². The SMILES string of the molecule is [2H]C([2H])([2H])N(C/C=C/C(=O)Nc1cc2c(Nc3ccc(NC(=O)Nc4ccccn4)c(Cl)c3)c(C#N)cnc2cc1OCC)C([2H])([2H])[2H]. The molecule has 4 N–H and O–H groups in total. The maximum atomic E-state index is 12.8. The lowest BCUT2D eigenvalue weighted by Gasteiger charge is -2.16. The van der Waals surface area contributed by atoms with Gasteiger partial charge in [-0.3, -0.25) is 15.1 Å². The first kappa shape index (κ1) is 22.5. The predicted molar refractivity (Wildman–Crippen MR) is 166 cm³/mol. The fourth-order valence-electron chi connectivity index (χ4n) is 3.80. The van der Waals surface area contributed by atoms with Crippen molar-refractivity contribution in [2.45, 2.75) is 6.92 Å². The largest absolute Gasteiger partial charge is 0.492 e. The summed E-state index contributed by atoms with van der Waals surface area (Å²) in [5.41, 5.74) is 1.93. The van der Waals surface area contributed by atoms with Gasteiger partial charge in [0.05, 0.1) is 39.8 Å². The smallest absolute Gasteiger partial charge is 0.324 e. The number of hydrogen-bond acceptors (Lipinski definition) is 8. The van der Waals surface area contributed by atoms with Crippen molar-refractivity contribution < 1.29 is 22.6 Å². The van der Waals surface area contributed by atoms with Crippen molar-refractivity contribution in [1.82, 2.24) is 14.9 Å². The number of benzene rings is 2. The number of likely N-dealkylation sites (N-methyl/N-ethyl adjacent to an activating group) is 1. The number of anilines is 5. The molecule has 0 saturated carbocycles. The molecular weight excluding hydrogens is 556 g/mol. The van der Waals surface area contributed by atoms with Gasteiger partial charge in [-0.15, -0.1) is 0 Å². The van der Waals surface area contributed by atoms with E-state index in [0.717, 1.165) is 12.2 Å². The molecule has 0 aliphatic rings. The second kappa shape index (κ2) is 13.9. The molecule has 0 bridgehead atoms. The molecule has 2 aromatic carbocycles. The average molecular weight is 591 g/mol.